The number of H-pyrrole nitrogens is 1. The quantitative estimate of drug-likeness (QED) is 0.700. The van der Waals surface area contributed by atoms with Gasteiger partial charge in [-0.15, -0.1) is 0 Å². The van der Waals surface area contributed by atoms with E-state index in [1.165, 1.54) is 16.5 Å². The standard InChI is InChI=1S/C24H22N2O3/c27-24-18-7-2-1-6-17(18)23(19-12-25-20-8-4-3-5-16(19)20)26(24)13-15-9-10-21-22(11-15)29-14-28-21/h3-5,8-12,23,25H,1-2,6-7,13-14H2/t23-/m0/s1. The zero-order valence-corrected chi connectivity index (χ0v) is 16.1. The number of rotatable bonds is 3. The minimum absolute atomic E-state index is 0.000581. The topological polar surface area (TPSA) is 54.6 Å². The van der Waals surface area contributed by atoms with E-state index in [0.717, 1.165) is 53.8 Å². The van der Waals surface area contributed by atoms with E-state index >= 15 is 0 Å². The van der Waals surface area contributed by atoms with Gasteiger partial charge < -0.3 is 19.4 Å². The second kappa shape index (κ2) is 6.41. The molecule has 5 nitrogen and oxygen atoms in total. The first-order chi connectivity index (χ1) is 14.3. The van der Waals surface area contributed by atoms with E-state index in [9.17, 15) is 4.79 Å². The van der Waals surface area contributed by atoms with Crippen LogP contribution in [0.4, 0.5) is 0 Å². The molecular formula is C24H22N2O3. The molecule has 0 spiro atoms. The van der Waals surface area contributed by atoms with Gasteiger partial charge in [0.25, 0.3) is 5.91 Å². The van der Waals surface area contributed by atoms with Crippen molar-refractivity contribution >= 4 is 16.8 Å². The lowest BCUT2D eigenvalue weighted by molar-refractivity contribution is -0.127. The van der Waals surface area contributed by atoms with E-state index in [-0.39, 0.29) is 18.7 Å². The van der Waals surface area contributed by atoms with E-state index in [4.69, 9.17) is 9.47 Å². The van der Waals surface area contributed by atoms with Crippen molar-refractivity contribution in [3.05, 3.63) is 70.9 Å². The molecule has 1 aromatic heterocycles. The maximum atomic E-state index is 13.4. The summed E-state index contributed by atoms with van der Waals surface area (Å²) in [6.07, 6.45) is 6.24. The summed E-state index contributed by atoms with van der Waals surface area (Å²) in [6, 6.07) is 14.3. The predicted octanol–water partition coefficient (Wildman–Crippen LogP) is 4.85. The Hall–Kier alpha value is -3.21. The first kappa shape index (κ1) is 16.7. The van der Waals surface area contributed by atoms with Crippen molar-refractivity contribution in [1.82, 2.24) is 9.88 Å². The summed E-state index contributed by atoms with van der Waals surface area (Å²) >= 11 is 0. The molecule has 3 heterocycles. The van der Waals surface area contributed by atoms with Crippen LogP contribution in [0.3, 0.4) is 0 Å². The van der Waals surface area contributed by atoms with Gasteiger partial charge >= 0.3 is 0 Å². The van der Waals surface area contributed by atoms with Gasteiger partial charge in [0.1, 0.15) is 0 Å². The number of aromatic nitrogens is 1. The van der Waals surface area contributed by atoms with Gasteiger partial charge in [-0.05, 0) is 55.0 Å². The van der Waals surface area contributed by atoms with Gasteiger partial charge in [0.2, 0.25) is 6.79 Å². The highest BCUT2D eigenvalue weighted by Crippen LogP contribution is 2.47. The van der Waals surface area contributed by atoms with Crippen molar-refractivity contribution in [2.24, 2.45) is 0 Å². The van der Waals surface area contributed by atoms with E-state index in [1.54, 1.807) is 0 Å². The number of para-hydroxylation sites is 1. The fourth-order valence-corrected chi connectivity index (χ4v) is 5.03. The Balaban J connectivity index is 1.43. The second-order valence-corrected chi connectivity index (χ2v) is 8.02. The highest BCUT2D eigenvalue weighted by atomic mass is 16.7. The summed E-state index contributed by atoms with van der Waals surface area (Å²) in [4.78, 5) is 18.9. The van der Waals surface area contributed by atoms with Crippen LogP contribution in [0.15, 0.2) is 59.8 Å². The third-order valence-corrected chi connectivity index (χ3v) is 6.38. The van der Waals surface area contributed by atoms with Crippen LogP contribution in [-0.2, 0) is 11.3 Å². The van der Waals surface area contributed by atoms with Gasteiger partial charge in [0.05, 0.1) is 6.04 Å². The average Bonchev–Trinajstić information content (AvgIpc) is 3.45. The highest BCUT2D eigenvalue weighted by Gasteiger charge is 2.41. The number of benzene rings is 2. The number of carbonyl (C=O) groups excluding carboxylic acids is 1. The fraction of sp³-hybridized carbons (Fsp3) is 0.292. The maximum absolute atomic E-state index is 13.4. The lowest BCUT2D eigenvalue weighted by atomic mass is 9.87. The number of ether oxygens (including phenoxy) is 2. The van der Waals surface area contributed by atoms with Crippen molar-refractivity contribution in [3.63, 3.8) is 0 Å². The third-order valence-electron chi connectivity index (χ3n) is 6.38. The van der Waals surface area contributed by atoms with Gasteiger partial charge in [0.15, 0.2) is 11.5 Å². The third kappa shape index (κ3) is 2.57. The zero-order valence-electron chi connectivity index (χ0n) is 16.1. The minimum atomic E-state index is -0.000581. The Morgan fingerprint density at radius 1 is 1.03 bits per heavy atom. The summed E-state index contributed by atoms with van der Waals surface area (Å²) in [6.45, 7) is 0.821. The molecule has 1 N–H and O–H groups in total. The molecule has 1 atom stereocenters. The Kier molecular flexibility index (Phi) is 3.69. The van der Waals surface area contributed by atoms with Gasteiger partial charge in [0, 0.05) is 34.8 Å². The summed E-state index contributed by atoms with van der Waals surface area (Å²) in [5, 5.41) is 1.19. The molecule has 0 radical (unpaired) electrons. The summed E-state index contributed by atoms with van der Waals surface area (Å²) in [5.41, 5.74) is 5.72. The van der Waals surface area contributed by atoms with Gasteiger partial charge in [-0.2, -0.15) is 0 Å². The normalized spacial score (nSPS) is 20.6. The SMILES string of the molecule is O=C1C2=C(CCCC2)[C@@H](c2c[nH]c3ccccc23)N1Cc1ccc2c(c1)OCO2. The molecule has 3 aliphatic rings. The van der Waals surface area contributed by atoms with E-state index in [2.05, 4.69) is 29.4 Å². The van der Waals surface area contributed by atoms with Crippen LogP contribution in [-0.4, -0.2) is 22.6 Å². The maximum Gasteiger partial charge on any atom is 0.250 e. The first-order valence-electron chi connectivity index (χ1n) is 10.3. The zero-order chi connectivity index (χ0) is 19.4. The molecule has 6 rings (SSSR count). The molecule has 1 aliphatic carbocycles. The molecule has 0 saturated heterocycles. The number of amides is 1. The van der Waals surface area contributed by atoms with Crippen molar-refractivity contribution in [3.8, 4) is 11.5 Å². The van der Waals surface area contributed by atoms with Crippen LogP contribution in [0.2, 0.25) is 0 Å². The molecule has 5 heteroatoms. The van der Waals surface area contributed by atoms with Gasteiger partial charge in [-0.25, -0.2) is 0 Å². The Morgan fingerprint density at radius 2 is 1.90 bits per heavy atom. The summed E-state index contributed by atoms with van der Waals surface area (Å²) in [7, 11) is 0. The molecule has 2 aliphatic heterocycles. The Bertz CT molecular complexity index is 1160. The van der Waals surface area contributed by atoms with Crippen LogP contribution in [0, 0.1) is 0 Å². The minimum Gasteiger partial charge on any atom is -0.454 e. The second-order valence-electron chi connectivity index (χ2n) is 8.02. The average molecular weight is 386 g/mol. The number of fused-ring (bicyclic) bond motifs is 2. The summed E-state index contributed by atoms with van der Waals surface area (Å²) in [5.74, 6) is 1.72. The van der Waals surface area contributed by atoms with Crippen LogP contribution < -0.4 is 9.47 Å². The van der Waals surface area contributed by atoms with Crippen molar-refractivity contribution in [1.29, 1.82) is 0 Å². The lowest BCUT2D eigenvalue weighted by Crippen LogP contribution is -2.29. The molecule has 2 aromatic carbocycles. The van der Waals surface area contributed by atoms with E-state index in [0.29, 0.717) is 6.54 Å². The number of nitrogens with zero attached hydrogens (tertiary/aromatic N) is 1. The Labute approximate surface area is 168 Å². The fourth-order valence-electron chi connectivity index (χ4n) is 5.03. The number of hydrogen-bond acceptors (Lipinski definition) is 3. The number of nitrogens with one attached hydrogen (secondary N) is 1. The van der Waals surface area contributed by atoms with Crippen LogP contribution in [0.5, 0.6) is 11.5 Å². The monoisotopic (exact) mass is 386 g/mol. The van der Waals surface area contributed by atoms with E-state index in [1.807, 2.05) is 29.2 Å². The number of aromatic amines is 1. The van der Waals surface area contributed by atoms with Crippen molar-refractivity contribution < 1.29 is 14.3 Å². The smallest absolute Gasteiger partial charge is 0.250 e. The lowest BCUT2D eigenvalue weighted by Gasteiger charge is -2.27. The largest absolute Gasteiger partial charge is 0.454 e. The molecule has 0 bridgehead atoms. The molecular weight excluding hydrogens is 364 g/mol. The van der Waals surface area contributed by atoms with Crippen molar-refractivity contribution in [2.75, 3.05) is 6.79 Å². The predicted molar refractivity (Wildman–Crippen MR) is 110 cm³/mol. The van der Waals surface area contributed by atoms with Gasteiger partial charge in [-0.1, -0.05) is 24.3 Å². The van der Waals surface area contributed by atoms with Crippen molar-refractivity contribution in [2.45, 2.75) is 38.3 Å². The van der Waals surface area contributed by atoms with Crippen LogP contribution in [0.25, 0.3) is 10.9 Å². The Morgan fingerprint density at radius 3 is 2.86 bits per heavy atom. The van der Waals surface area contributed by atoms with E-state index < -0.39 is 0 Å². The molecule has 29 heavy (non-hydrogen) atoms. The molecule has 146 valence electrons. The van der Waals surface area contributed by atoms with Gasteiger partial charge in [-0.3, -0.25) is 4.79 Å². The first-order valence-corrected chi connectivity index (χ1v) is 10.3. The van der Waals surface area contributed by atoms with Crippen LogP contribution >= 0.6 is 0 Å². The summed E-state index contributed by atoms with van der Waals surface area (Å²) < 4.78 is 11.0. The van der Waals surface area contributed by atoms with Crippen LogP contribution in [0.1, 0.15) is 42.9 Å². The highest BCUT2D eigenvalue weighted by molar-refractivity contribution is 5.99. The molecule has 0 fully saturated rings. The molecule has 1 amide bonds. The molecule has 3 aromatic rings. The molecule has 0 saturated carbocycles. The number of hydrogen-bond donors (Lipinski definition) is 1. The molecule has 0 unspecified atom stereocenters. The number of carbonyl (C=O) groups is 1.